The van der Waals surface area contributed by atoms with Crippen molar-refractivity contribution in [3.63, 3.8) is 0 Å². The molecule has 3 aromatic rings. The molecule has 1 aliphatic heterocycles. The Morgan fingerprint density at radius 3 is 2.72 bits per heavy atom. The van der Waals surface area contributed by atoms with Crippen molar-refractivity contribution in [1.82, 2.24) is 10.3 Å². The molecule has 1 amide bonds. The van der Waals surface area contributed by atoms with Gasteiger partial charge in [-0.25, -0.2) is 4.98 Å². The third-order valence-corrected chi connectivity index (χ3v) is 5.38. The molecule has 124 valence electrons. The third-order valence-electron chi connectivity index (χ3n) is 3.54. The smallest absolute Gasteiger partial charge is 0.264 e. The number of benzene rings is 2. The molecular formula is C18H13N3O2S2. The van der Waals surface area contributed by atoms with Gasteiger partial charge in [-0.15, -0.1) is 0 Å². The highest BCUT2D eigenvalue weighted by Crippen LogP contribution is 2.32. The highest BCUT2D eigenvalue weighted by Gasteiger charge is 2.24. The van der Waals surface area contributed by atoms with E-state index in [0.29, 0.717) is 15.2 Å². The van der Waals surface area contributed by atoms with Crippen LogP contribution < -0.4 is 10.1 Å². The van der Waals surface area contributed by atoms with Crippen molar-refractivity contribution in [2.75, 3.05) is 7.11 Å². The molecule has 0 bridgehead atoms. The van der Waals surface area contributed by atoms with E-state index in [1.165, 1.54) is 23.1 Å². The first-order valence-corrected chi connectivity index (χ1v) is 9.14. The molecule has 2 aromatic carbocycles. The average Bonchev–Trinajstić information content (AvgIpc) is 3.18. The van der Waals surface area contributed by atoms with E-state index >= 15 is 0 Å². The van der Waals surface area contributed by atoms with Crippen molar-refractivity contribution in [3.8, 4) is 5.75 Å². The molecule has 25 heavy (non-hydrogen) atoms. The second-order valence-corrected chi connectivity index (χ2v) is 7.26. The monoisotopic (exact) mass is 367 g/mol. The zero-order valence-corrected chi connectivity index (χ0v) is 14.9. The Bertz CT molecular complexity index is 974. The summed E-state index contributed by atoms with van der Waals surface area (Å²) in [6, 6.07) is 15.4. The first-order valence-electron chi connectivity index (χ1n) is 7.50. The number of ether oxygens (including phenoxy) is 1. The number of methoxy groups -OCH3 is 1. The Morgan fingerprint density at radius 2 is 1.96 bits per heavy atom. The van der Waals surface area contributed by atoms with Gasteiger partial charge in [0.2, 0.25) is 5.13 Å². The number of thioether (sulfide) groups is 1. The lowest BCUT2D eigenvalue weighted by atomic mass is 10.2. The summed E-state index contributed by atoms with van der Waals surface area (Å²) in [6.45, 7) is 0. The van der Waals surface area contributed by atoms with Crippen molar-refractivity contribution in [2.24, 2.45) is 4.99 Å². The van der Waals surface area contributed by atoms with E-state index in [4.69, 9.17) is 4.74 Å². The summed E-state index contributed by atoms with van der Waals surface area (Å²) in [5.41, 5.74) is 1.84. The lowest BCUT2D eigenvalue weighted by Gasteiger charge is -1.99. The van der Waals surface area contributed by atoms with E-state index in [-0.39, 0.29) is 5.91 Å². The van der Waals surface area contributed by atoms with Crippen LogP contribution in [0.1, 0.15) is 5.56 Å². The van der Waals surface area contributed by atoms with Crippen LogP contribution in [0.15, 0.2) is 58.4 Å². The summed E-state index contributed by atoms with van der Waals surface area (Å²) >= 11 is 2.81. The number of aliphatic imine (C=N–C) groups is 1. The third kappa shape index (κ3) is 3.42. The molecule has 0 radical (unpaired) electrons. The van der Waals surface area contributed by atoms with Gasteiger partial charge in [-0.05, 0) is 47.7 Å². The maximum Gasteiger partial charge on any atom is 0.264 e. The average molecular weight is 367 g/mol. The van der Waals surface area contributed by atoms with Crippen molar-refractivity contribution in [3.05, 3.63) is 59.0 Å². The number of amides is 1. The van der Waals surface area contributed by atoms with Crippen LogP contribution in [0, 0.1) is 0 Å². The summed E-state index contributed by atoms with van der Waals surface area (Å²) in [5, 5.41) is 3.97. The van der Waals surface area contributed by atoms with Gasteiger partial charge in [0, 0.05) is 0 Å². The molecule has 1 saturated heterocycles. The van der Waals surface area contributed by atoms with E-state index in [1.807, 2.05) is 54.6 Å². The zero-order chi connectivity index (χ0) is 17.2. The second-order valence-electron chi connectivity index (χ2n) is 5.22. The number of hydrogen-bond acceptors (Lipinski definition) is 6. The lowest BCUT2D eigenvalue weighted by molar-refractivity contribution is -0.115. The number of carbonyl (C=O) groups excluding carboxylic acids is 1. The summed E-state index contributed by atoms with van der Waals surface area (Å²) < 4.78 is 6.21. The van der Waals surface area contributed by atoms with Crippen molar-refractivity contribution in [1.29, 1.82) is 0 Å². The van der Waals surface area contributed by atoms with Gasteiger partial charge in [0.05, 0.1) is 22.2 Å². The van der Waals surface area contributed by atoms with Gasteiger partial charge in [0.1, 0.15) is 5.75 Å². The summed E-state index contributed by atoms with van der Waals surface area (Å²) in [4.78, 5) is 21.7. The van der Waals surface area contributed by atoms with E-state index in [0.717, 1.165) is 21.5 Å². The van der Waals surface area contributed by atoms with Crippen LogP contribution in [0.5, 0.6) is 5.75 Å². The van der Waals surface area contributed by atoms with Gasteiger partial charge >= 0.3 is 0 Å². The normalized spacial score (nSPS) is 17.4. The maximum atomic E-state index is 12.2. The van der Waals surface area contributed by atoms with Gasteiger partial charge in [0.25, 0.3) is 5.91 Å². The van der Waals surface area contributed by atoms with Crippen LogP contribution in [0.25, 0.3) is 16.3 Å². The minimum absolute atomic E-state index is 0.152. The summed E-state index contributed by atoms with van der Waals surface area (Å²) in [5.74, 6) is 0.629. The number of aromatic nitrogens is 1. The first-order chi connectivity index (χ1) is 12.2. The maximum absolute atomic E-state index is 12.2. The van der Waals surface area contributed by atoms with Crippen LogP contribution in [-0.2, 0) is 4.79 Å². The predicted octanol–water partition coefficient (Wildman–Crippen LogP) is 4.20. The quantitative estimate of drug-likeness (QED) is 0.705. The standard InChI is InChI=1S/C18H13N3O2S2/c1-23-12-8-6-11(7-9-12)10-15-16(22)20-18(25-15)21-17-19-13-4-2-3-5-14(13)24-17/h2-10H,1H3,(H,19,20,21,22)/b15-10-. The largest absolute Gasteiger partial charge is 0.497 e. The number of rotatable bonds is 3. The van der Waals surface area contributed by atoms with Crippen LogP contribution in [0.2, 0.25) is 0 Å². The number of carbonyl (C=O) groups is 1. The lowest BCUT2D eigenvalue weighted by Crippen LogP contribution is -2.19. The van der Waals surface area contributed by atoms with Gasteiger partial charge in [0.15, 0.2) is 5.17 Å². The van der Waals surface area contributed by atoms with Gasteiger partial charge in [-0.1, -0.05) is 35.6 Å². The molecule has 1 aliphatic rings. The molecule has 1 aromatic heterocycles. The Hall–Kier alpha value is -2.64. The number of amidine groups is 1. The van der Waals surface area contributed by atoms with Crippen LogP contribution in [-0.4, -0.2) is 23.2 Å². The van der Waals surface area contributed by atoms with Crippen molar-refractivity contribution < 1.29 is 9.53 Å². The molecule has 0 unspecified atom stereocenters. The molecule has 0 atom stereocenters. The van der Waals surface area contributed by atoms with E-state index < -0.39 is 0 Å². The molecule has 1 N–H and O–H groups in total. The Balaban J connectivity index is 1.57. The van der Waals surface area contributed by atoms with Crippen LogP contribution >= 0.6 is 23.1 Å². The summed E-state index contributed by atoms with van der Waals surface area (Å²) in [6.07, 6.45) is 1.83. The zero-order valence-electron chi connectivity index (χ0n) is 13.2. The second kappa shape index (κ2) is 6.70. The molecule has 7 heteroatoms. The SMILES string of the molecule is COc1ccc(/C=C2\SC(=Nc3nc4ccccc4s3)NC2=O)cc1. The fourth-order valence-corrected chi connectivity index (χ4v) is 4.05. The highest BCUT2D eigenvalue weighted by atomic mass is 32.2. The number of nitrogens with one attached hydrogen (secondary N) is 1. The number of para-hydroxylation sites is 1. The van der Waals surface area contributed by atoms with Crippen LogP contribution in [0.4, 0.5) is 5.13 Å². The molecule has 1 fully saturated rings. The molecule has 4 rings (SSSR count). The molecular weight excluding hydrogens is 354 g/mol. The number of hydrogen-bond donors (Lipinski definition) is 1. The molecule has 0 aliphatic carbocycles. The first kappa shape index (κ1) is 15.9. The number of thiazole rings is 1. The minimum Gasteiger partial charge on any atom is -0.497 e. The van der Waals surface area contributed by atoms with Gasteiger partial charge in [-0.3, -0.25) is 4.79 Å². The Kier molecular flexibility index (Phi) is 4.25. The van der Waals surface area contributed by atoms with Crippen molar-refractivity contribution in [2.45, 2.75) is 0 Å². The fourth-order valence-electron chi connectivity index (χ4n) is 2.33. The highest BCUT2D eigenvalue weighted by molar-refractivity contribution is 8.18. The van der Waals surface area contributed by atoms with E-state index in [9.17, 15) is 4.79 Å². The topological polar surface area (TPSA) is 63.6 Å². The molecule has 0 saturated carbocycles. The molecule has 5 nitrogen and oxygen atoms in total. The van der Waals surface area contributed by atoms with Crippen LogP contribution in [0.3, 0.4) is 0 Å². The van der Waals surface area contributed by atoms with E-state index in [2.05, 4.69) is 15.3 Å². The number of nitrogens with zero attached hydrogens (tertiary/aromatic N) is 2. The molecule has 2 heterocycles. The predicted molar refractivity (Wildman–Crippen MR) is 103 cm³/mol. The van der Waals surface area contributed by atoms with Gasteiger partial charge < -0.3 is 10.1 Å². The Morgan fingerprint density at radius 1 is 1.16 bits per heavy atom. The minimum atomic E-state index is -0.152. The fraction of sp³-hybridized carbons (Fsp3) is 0.0556. The summed E-state index contributed by atoms with van der Waals surface area (Å²) in [7, 11) is 1.62. The Labute approximate surface area is 152 Å². The van der Waals surface area contributed by atoms with Crippen molar-refractivity contribution >= 4 is 55.6 Å². The van der Waals surface area contributed by atoms with E-state index in [1.54, 1.807) is 7.11 Å². The molecule has 0 spiro atoms. The number of fused-ring (bicyclic) bond motifs is 1. The van der Waals surface area contributed by atoms with Gasteiger partial charge in [-0.2, -0.15) is 4.99 Å².